The first-order valence-corrected chi connectivity index (χ1v) is 11.1. The van der Waals surface area contributed by atoms with Gasteiger partial charge >= 0.3 is 12.3 Å². The Hall–Kier alpha value is -2.97. The molecule has 0 aromatic heterocycles. The van der Waals surface area contributed by atoms with E-state index in [9.17, 15) is 35.2 Å². The fraction of sp³-hybridized carbons (Fsp3) is 0.350. The highest BCUT2D eigenvalue weighted by atomic mass is 32.2. The van der Waals surface area contributed by atoms with Gasteiger partial charge in [0.15, 0.2) is 14.6 Å². The van der Waals surface area contributed by atoms with Gasteiger partial charge in [-0.3, -0.25) is 10.0 Å². The van der Waals surface area contributed by atoms with Crippen LogP contribution < -0.4 is 15.0 Å². The van der Waals surface area contributed by atoms with Crippen LogP contribution in [0.5, 0.6) is 17.2 Å². The number of ether oxygens (including phenoxy) is 3. The van der Waals surface area contributed by atoms with Crippen molar-refractivity contribution in [3.63, 3.8) is 0 Å². The van der Waals surface area contributed by atoms with Gasteiger partial charge in [-0.2, -0.15) is 22.0 Å². The summed E-state index contributed by atoms with van der Waals surface area (Å²) >= 11 is 0. The number of halogens is 5. The van der Waals surface area contributed by atoms with Gasteiger partial charge in [0.1, 0.15) is 17.2 Å². The number of alkyl halides is 5. The summed E-state index contributed by atoms with van der Waals surface area (Å²) in [7, 11) is -4.25. The molecule has 1 saturated heterocycles. The highest BCUT2D eigenvalue weighted by Crippen LogP contribution is 2.38. The van der Waals surface area contributed by atoms with E-state index >= 15 is 0 Å². The first-order chi connectivity index (χ1) is 15.8. The van der Waals surface area contributed by atoms with Crippen LogP contribution >= 0.6 is 0 Å². The second-order valence-electron chi connectivity index (χ2n) is 7.21. The maximum Gasteiger partial charge on any atom is 0.499 e. The van der Waals surface area contributed by atoms with Crippen molar-refractivity contribution in [2.24, 2.45) is 0 Å². The third-order valence-electron chi connectivity index (χ3n) is 5.10. The van der Waals surface area contributed by atoms with Gasteiger partial charge in [-0.25, -0.2) is 13.9 Å². The van der Waals surface area contributed by atoms with Gasteiger partial charge in [-0.15, -0.1) is 0 Å². The molecule has 186 valence electrons. The number of hydrogen-bond donors (Lipinski definition) is 2. The minimum Gasteiger partial charge on any atom is -0.457 e. The van der Waals surface area contributed by atoms with Crippen LogP contribution in [-0.2, 0) is 19.4 Å². The molecule has 8 nitrogen and oxygen atoms in total. The minimum atomic E-state index is -5.88. The Bertz CT molecular complexity index is 1110. The molecule has 0 unspecified atom stereocenters. The van der Waals surface area contributed by atoms with Crippen molar-refractivity contribution in [2.45, 2.75) is 34.8 Å². The molecule has 1 aliphatic rings. The number of sulfone groups is 1. The van der Waals surface area contributed by atoms with Crippen molar-refractivity contribution >= 4 is 15.7 Å². The van der Waals surface area contributed by atoms with Gasteiger partial charge < -0.3 is 14.2 Å². The molecule has 3 rings (SSSR count). The van der Waals surface area contributed by atoms with Crippen molar-refractivity contribution in [2.75, 3.05) is 13.2 Å². The molecule has 0 saturated carbocycles. The molecule has 2 aromatic carbocycles. The van der Waals surface area contributed by atoms with E-state index in [1.807, 2.05) is 0 Å². The first kappa shape index (κ1) is 25.6. The summed E-state index contributed by atoms with van der Waals surface area (Å²) in [4.78, 5) is 12.0. The van der Waals surface area contributed by atoms with Crippen molar-refractivity contribution in [1.29, 1.82) is 0 Å². The molecule has 0 aliphatic carbocycles. The van der Waals surface area contributed by atoms with Gasteiger partial charge in [-0.05, 0) is 61.4 Å². The number of carbonyl (C=O) groups is 1. The molecular weight excluding hydrogens is 493 g/mol. The van der Waals surface area contributed by atoms with Gasteiger partial charge in [-0.1, -0.05) is 0 Å². The monoisotopic (exact) mass is 511 g/mol. The molecule has 0 bridgehead atoms. The molecule has 14 heteroatoms. The zero-order valence-electron chi connectivity index (χ0n) is 17.1. The highest BCUT2D eigenvalue weighted by Gasteiger charge is 2.61. The molecule has 0 spiro atoms. The maximum atomic E-state index is 13.2. The van der Waals surface area contributed by atoms with Crippen LogP contribution in [0, 0.1) is 0 Å². The maximum absolute atomic E-state index is 13.2. The average molecular weight is 511 g/mol. The number of hydroxylamine groups is 1. The predicted molar refractivity (Wildman–Crippen MR) is 104 cm³/mol. The molecule has 1 amide bonds. The smallest absolute Gasteiger partial charge is 0.457 e. The lowest BCUT2D eigenvalue weighted by Gasteiger charge is -2.34. The molecule has 1 aliphatic heterocycles. The summed E-state index contributed by atoms with van der Waals surface area (Å²) in [6.45, 7) is 0.00488. The Balaban J connectivity index is 1.75. The SMILES string of the molecule is O=C(NO)C1(S(=O)(=O)c2ccc(Oc3ccc(OC(F)(F)C(F)(F)F)cc3)cc2)CCOCC1. The molecule has 2 aromatic rings. The van der Waals surface area contributed by atoms with Gasteiger partial charge in [0.05, 0.1) is 4.90 Å². The van der Waals surface area contributed by atoms with Crippen LogP contribution in [0.15, 0.2) is 53.4 Å². The van der Waals surface area contributed by atoms with Crippen LogP contribution in [0.4, 0.5) is 22.0 Å². The topological polar surface area (TPSA) is 111 Å². The first-order valence-electron chi connectivity index (χ1n) is 9.61. The normalized spacial score (nSPS) is 16.5. The lowest BCUT2D eigenvalue weighted by molar-refractivity contribution is -0.360. The Morgan fingerprint density at radius 3 is 1.85 bits per heavy atom. The van der Waals surface area contributed by atoms with Crippen LogP contribution in [0.25, 0.3) is 0 Å². The van der Waals surface area contributed by atoms with E-state index in [2.05, 4.69) is 4.74 Å². The summed E-state index contributed by atoms with van der Waals surface area (Å²) < 4.78 is 101. The van der Waals surface area contributed by atoms with E-state index < -0.39 is 38.5 Å². The summed E-state index contributed by atoms with van der Waals surface area (Å²) in [5.74, 6) is -1.67. The number of amides is 1. The fourth-order valence-electron chi connectivity index (χ4n) is 3.25. The number of rotatable bonds is 7. The molecule has 1 heterocycles. The van der Waals surface area contributed by atoms with E-state index in [0.717, 1.165) is 24.3 Å². The lowest BCUT2D eigenvalue weighted by atomic mass is 9.98. The zero-order chi connectivity index (χ0) is 25.2. The summed E-state index contributed by atoms with van der Waals surface area (Å²) in [6, 6.07) is 8.72. The van der Waals surface area contributed by atoms with Crippen molar-refractivity contribution in [3.05, 3.63) is 48.5 Å². The molecule has 2 N–H and O–H groups in total. The second-order valence-corrected chi connectivity index (χ2v) is 9.47. The fourth-order valence-corrected chi connectivity index (χ4v) is 5.19. The van der Waals surface area contributed by atoms with Gasteiger partial charge in [0, 0.05) is 13.2 Å². The molecular formula is C20H18F5NO7S. The third kappa shape index (κ3) is 4.93. The largest absolute Gasteiger partial charge is 0.499 e. The van der Waals surface area contributed by atoms with E-state index in [1.54, 1.807) is 0 Å². The lowest BCUT2D eigenvalue weighted by Crippen LogP contribution is -2.54. The van der Waals surface area contributed by atoms with E-state index in [4.69, 9.17) is 14.7 Å². The Kier molecular flexibility index (Phi) is 7.05. The number of hydrogen-bond acceptors (Lipinski definition) is 7. The number of carbonyl (C=O) groups excluding carboxylic acids is 1. The molecule has 0 atom stereocenters. The standard InChI is InChI=1S/C20H18F5NO7S/c21-19(22,23)20(24,25)33-15-3-1-13(2-4-15)32-14-5-7-16(8-6-14)34(29,30)18(17(27)26-28)9-11-31-12-10-18/h1-8,28H,9-12H2,(H,26,27). The van der Waals surface area contributed by atoms with E-state index in [-0.39, 0.29) is 42.4 Å². The minimum absolute atomic E-state index is 0.00244. The second kappa shape index (κ2) is 9.35. The third-order valence-corrected chi connectivity index (χ3v) is 7.61. The van der Waals surface area contributed by atoms with E-state index in [1.165, 1.54) is 29.7 Å². The predicted octanol–water partition coefficient (Wildman–Crippen LogP) is 3.84. The zero-order valence-corrected chi connectivity index (χ0v) is 18.0. The van der Waals surface area contributed by atoms with Gasteiger partial charge in [0.2, 0.25) is 0 Å². The van der Waals surface area contributed by atoms with Crippen molar-refractivity contribution in [1.82, 2.24) is 5.48 Å². The van der Waals surface area contributed by atoms with Crippen LogP contribution in [0.3, 0.4) is 0 Å². The quantitative estimate of drug-likeness (QED) is 0.330. The summed E-state index contributed by atoms with van der Waals surface area (Å²) in [5, 5.41) is 9.06. The van der Waals surface area contributed by atoms with Crippen LogP contribution in [0.2, 0.25) is 0 Å². The van der Waals surface area contributed by atoms with Crippen LogP contribution in [-0.4, -0.2) is 49.8 Å². The summed E-state index contributed by atoms with van der Waals surface area (Å²) in [5.41, 5.74) is 1.40. The van der Waals surface area contributed by atoms with Gasteiger partial charge in [0.25, 0.3) is 5.91 Å². The number of nitrogens with one attached hydrogen (secondary N) is 1. The Morgan fingerprint density at radius 2 is 1.38 bits per heavy atom. The Morgan fingerprint density at radius 1 is 0.912 bits per heavy atom. The highest BCUT2D eigenvalue weighted by molar-refractivity contribution is 7.93. The molecule has 0 radical (unpaired) electrons. The van der Waals surface area contributed by atoms with Crippen molar-refractivity contribution in [3.8, 4) is 17.2 Å². The van der Waals surface area contributed by atoms with E-state index in [0.29, 0.717) is 0 Å². The molecule has 34 heavy (non-hydrogen) atoms. The van der Waals surface area contributed by atoms with Crippen molar-refractivity contribution < 1.29 is 54.6 Å². The molecule has 1 fully saturated rings. The van der Waals surface area contributed by atoms with Crippen LogP contribution in [0.1, 0.15) is 12.8 Å². The number of benzene rings is 2. The summed E-state index contributed by atoms with van der Waals surface area (Å²) in [6.07, 6.45) is -11.6. The Labute approximate surface area is 190 Å². The average Bonchev–Trinajstić information content (AvgIpc) is 2.79.